The maximum Gasteiger partial charge on any atom is 0.393 e. The Morgan fingerprint density at radius 2 is 1.70 bits per heavy atom. The van der Waals surface area contributed by atoms with Gasteiger partial charge < -0.3 is 9.64 Å². The molecule has 3 aliphatic rings. The first-order valence-electron chi connectivity index (χ1n) is 10.2. The van der Waals surface area contributed by atoms with Crippen LogP contribution in [0.15, 0.2) is 0 Å². The molecule has 156 valence electrons. The fourth-order valence-corrected chi connectivity index (χ4v) is 4.79. The summed E-state index contributed by atoms with van der Waals surface area (Å²) in [7, 11) is 0. The van der Waals surface area contributed by atoms with E-state index in [-0.39, 0.29) is 37.6 Å². The summed E-state index contributed by atoms with van der Waals surface area (Å²) in [5.74, 6) is -1.53. The molecule has 0 radical (unpaired) electrons. The number of hydrogen-bond acceptors (Lipinski definition) is 4. The third-order valence-electron chi connectivity index (χ3n) is 6.04. The van der Waals surface area contributed by atoms with Crippen molar-refractivity contribution in [3.8, 4) is 0 Å². The van der Waals surface area contributed by atoms with Gasteiger partial charge in [-0.1, -0.05) is 0 Å². The Balaban J connectivity index is 1.52. The molecule has 4 atom stereocenters. The molecule has 0 aliphatic carbocycles. The molecule has 4 unspecified atom stereocenters. The Labute approximate surface area is 159 Å². The number of morpholine rings is 1. The third kappa shape index (κ3) is 5.57. The topological polar surface area (TPSA) is 36.0 Å². The van der Waals surface area contributed by atoms with E-state index < -0.39 is 12.1 Å². The van der Waals surface area contributed by atoms with Crippen LogP contribution in [0.1, 0.15) is 39.5 Å². The number of alkyl halides is 3. The molecule has 0 aromatic carbocycles. The van der Waals surface area contributed by atoms with Crippen LogP contribution in [-0.4, -0.2) is 90.8 Å². The molecule has 1 amide bonds. The molecule has 0 aromatic heterocycles. The van der Waals surface area contributed by atoms with E-state index in [4.69, 9.17) is 4.74 Å². The number of amides is 1. The van der Waals surface area contributed by atoms with Gasteiger partial charge in [-0.15, -0.1) is 0 Å². The highest BCUT2D eigenvalue weighted by Crippen LogP contribution is 2.33. The first-order chi connectivity index (χ1) is 12.7. The molecule has 0 aromatic rings. The molecule has 3 rings (SSSR count). The zero-order valence-corrected chi connectivity index (χ0v) is 16.4. The number of ether oxygens (including phenoxy) is 1. The van der Waals surface area contributed by atoms with Crippen molar-refractivity contribution in [1.82, 2.24) is 14.7 Å². The van der Waals surface area contributed by atoms with Crippen molar-refractivity contribution in [2.75, 3.05) is 45.8 Å². The number of carbonyl (C=O) groups excluding carboxylic acids is 1. The van der Waals surface area contributed by atoms with Crippen molar-refractivity contribution in [1.29, 1.82) is 0 Å². The van der Waals surface area contributed by atoms with Gasteiger partial charge in [0.05, 0.1) is 24.7 Å². The summed E-state index contributed by atoms with van der Waals surface area (Å²) in [4.78, 5) is 18.6. The molecule has 27 heavy (non-hydrogen) atoms. The van der Waals surface area contributed by atoms with Gasteiger partial charge in [0.2, 0.25) is 5.91 Å². The Morgan fingerprint density at radius 3 is 2.37 bits per heavy atom. The first kappa shape index (κ1) is 20.9. The van der Waals surface area contributed by atoms with E-state index in [2.05, 4.69) is 23.6 Å². The summed E-state index contributed by atoms with van der Waals surface area (Å²) in [5.41, 5.74) is 0. The minimum Gasteiger partial charge on any atom is -0.373 e. The molecule has 3 fully saturated rings. The van der Waals surface area contributed by atoms with Crippen molar-refractivity contribution in [3.05, 3.63) is 0 Å². The third-order valence-corrected chi connectivity index (χ3v) is 6.04. The summed E-state index contributed by atoms with van der Waals surface area (Å²) in [6.45, 7) is 8.19. The smallest absolute Gasteiger partial charge is 0.373 e. The highest BCUT2D eigenvalue weighted by molar-refractivity contribution is 5.78. The highest BCUT2D eigenvalue weighted by atomic mass is 19.4. The van der Waals surface area contributed by atoms with Crippen LogP contribution in [0.2, 0.25) is 0 Å². The number of rotatable bonds is 4. The number of likely N-dealkylation sites (tertiary alicyclic amines) is 2. The van der Waals surface area contributed by atoms with Crippen molar-refractivity contribution in [2.24, 2.45) is 5.92 Å². The molecular formula is C19H32F3N3O2. The van der Waals surface area contributed by atoms with Gasteiger partial charge in [0, 0.05) is 38.8 Å². The zero-order chi connectivity index (χ0) is 19.6. The van der Waals surface area contributed by atoms with E-state index in [1.165, 1.54) is 4.90 Å². The maximum atomic E-state index is 13.0. The lowest BCUT2D eigenvalue weighted by Crippen LogP contribution is -2.52. The highest BCUT2D eigenvalue weighted by Gasteiger charge is 2.43. The first-order valence-corrected chi connectivity index (χ1v) is 10.2. The molecule has 0 spiro atoms. The van der Waals surface area contributed by atoms with E-state index in [0.29, 0.717) is 19.0 Å². The van der Waals surface area contributed by atoms with Gasteiger partial charge in [-0.05, 0) is 46.1 Å². The van der Waals surface area contributed by atoms with Crippen molar-refractivity contribution in [3.63, 3.8) is 0 Å². The monoisotopic (exact) mass is 391 g/mol. The molecule has 8 heteroatoms. The number of piperidine rings is 1. The fourth-order valence-electron chi connectivity index (χ4n) is 4.79. The molecule has 0 bridgehead atoms. The van der Waals surface area contributed by atoms with Gasteiger partial charge in [-0.3, -0.25) is 14.6 Å². The van der Waals surface area contributed by atoms with Crippen LogP contribution in [-0.2, 0) is 9.53 Å². The van der Waals surface area contributed by atoms with E-state index in [9.17, 15) is 18.0 Å². The van der Waals surface area contributed by atoms with E-state index in [1.807, 2.05) is 0 Å². The fraction of sp³-hybridized carbons (Fsp3) is 0.947. The van der Waals surface area contributed by atoms with Crippen LogP contribution < -0.4 is 0 Å². The minimum absolute atomic E-state index is 0.132. The zero-order valence-electron chi connectivity index (χ0n) is 16.4. The second-order valence-electron chi connectivity index (χ2n) is 8.46. The summed E-state index contributed by atoms with van der Waals surface area (Å²) in [6, 6.07) is 0.301. The second-order valence-corrected chi connectivity index (χ2v) is 8.46. The quantitative estimate of drug-likeness (QED) is 0.737. The lowest BCUT2D eigenvalue weighted by molar-refractivity contribution is -0.188. The van der Waals surface area contributed by atoms with Gasteiger partial charge in [-0.2, -0.15) is 13.2 Å². The molecule has 0 saturated carbocycles. The summed E-state index contributed by atoms with van der Waals surface area (Å²) in [5, 5.41) is 0. The predicted octanol–water partition coefficient (Wildman–Crippen LogP) is 2.36. The summed E-state index contributed by atoms with van der Waals surface area (Å²) in [6.07, 6.45) is -1.15. The standard InChI is InChI=1S/C19H32F3N3O2/c1-14-9-23(10-15(2)27-14)12-17-6-4-7-24(17)13-18(26)25-8-3-5-16(11-25)19(20,21)22/h14-17H,3-13H2,1-2H3. The molecule has 5 nitrogen and oxygen atoms in total. The lowest BCUT2D eigenvalue weighted by atomic mass is 9.97. The van der Waals surface area contributed by atoms with Gasteiger partial charge in [-0.25, -0.2) is 0 Å². The summed E-state index contributed by atoms with van der Waals surface area (Å²) >= 11 is 0. The van der Waals surface area contributed by atoms with Gasteiger partial charge >= 0.3 is 6.18 Å². The van der Waals surface area contributed by atoms with Crippen LogP contribution >= 0.6 is 0 Å². The van der Waals surface area contributed by atoms with Crippen molar-refractivity contribution >= 4 is 5.91 Å². The Hall–Kier alpha value is -0.860. The Bertz CT molecular complexity index is 507. The van der Waals surface area contributed by atoms with Crippen LogP contribution in [0.25, 0.3) is 0 Å². The van der Waals surface area contributed by atoms with Gasteiger partial charge in [0.25, 0.3) is 0 Å². The van der Waals surface area contributed by atoms with E-state index >= 15 is 0 Å². The largest absolute Gasteiger partial charge is 0.393 e. The lowest BCUT2D eigenvalue weighted by Gasteiger charge is -2.39. The average Bonchev–Trinajstić information content (AvgIpc) is 3.00. The summed E-state index contributed by atoms with van der Waals surface area (Å²) < 4.78 is 44.8. The average molecular weight is 391 g/mol. The van der Waals surface area contributed by atoms with Gasteiger partial charge in [0.15, 0.2) is 0 Å². The van der Waals surface area contributed by atoms with Crippen LogP contribution in [0.5, 0.6) is 0 Å². The normalized spacial score (nSPS) is 34.2. The molecular weight excluding hydrogens is 359 g/mol. The SMILES string of the molecule is CC1CN(CC2CCCN2CC(=O)N2CCCC(C(F)(F)F)C2)CC(C)O1. The number of hydrogen-bond donors (Lipinski definition) is 0. The number of halogens is 3. The molecule has 3 saturated heterocycles. The molecule has 3 heterocycles. The van der Waals surface area contributed by atoms with Crippen LogP contribution in [0.4, 0.5) is 13.2 Å². The number of nitrogens with zero attached hydrogens (tertiary/aromatic N) is 3. The van der Waals surface area contributed by atoms with E-state index in [0.717, 1.165) is 39.0 Å². The molecule has 0 N–H and O–H groups in total. The maximum absolute atomic E-state index is 13.0. The molecule has 3 aliphatic heterocycles. The van der Waals surface area contributed by atoms with Crippen LogP contribution in [0.3, 0.4) is 0 Å². The Morgan fingerprint density at radius 1 is 1.04 bits per heavy atom. The van der Waals surface area contributed by atoms with Crippen molar-refractivity contribution < 1.29 is 22.7 Å². The second kappa shape index (κ2) is 8.66. The van der Waals surface area contributed by atoms with Gasteiger partial charge in [0.1, 0.15) is 0 Å². The Kier molecular flexibility index (Phi) is 6.69. The predicted molar refractivity (Wildman–Crippen MR) is 96.4 cm³/mol. The number of carbonyl (C=O) groups is 1. The van der Waals surface area contributed by atoms with Crippen molar-refractivity contribution in [2.45, 2.75) is 64.0 Å². The van der Waals surface area contributed by atoms with E-state index in [1.54, 1.807) is 0 Å². The van der Waals surface area contributed by atoms with Crippen LogP contribution in [0, 0.1) is 5.92 Å². The minimum atomic E-state index is -4.21.